The fourth-order valence-corrected chi connectivity index (χ4v) is 2.51. The Hall–Kier alpha value is -1.85. The Balaban J connectivity index is 2.24. The summed E-state index contributed by atoms with van der Waals surface area (Å²) in [4.78, 5) is 4.29. The lowest BCUT2D eigenvalue weighted by molar-refractivity contribution is 0.436. The molecular formula is C14H9BrClN3O. The van der Waals surface area contributed by atoms with Crippen LogP contribution >= 0.6 is 27.5 Å². The molecule has 0 saturated heterocycles. The molecule has 0 bridgehead atoms. The number of halogens is 2. The van der Waals surface area contributed by atoms with E-state index in [2.05, 4.69) is 26.1 Å². The molecule has 0 unspecified atom stereocenters. The molecule has 0 aliphatic carbocycles. The Morgan fingerprint density at radius 3 is 2.80 bits per heavy atom. The van der Waals surface area contributed by atoms with Crippen LogP contribution in [0, 0.1) is 0 Å². The van der Waals surface area contributed by atoms with Crippen LogP contribution in [0.1, 0.15) is 0 Å². The predicted molar refractivity (Wildman–Crippen MR) is 82.3 cm³/mol. The highest BCUT2D eigenvalue weighted by atomic mass is 79.9. The number of nitrogen functional groups attached to an aromatic ring is 1. The van der Waals surface area contributed by atoms with Gasteiger partial charge in [0, 0.05) is 21.3 Å². The molecule has 0 radical (unpaired) electrons. The van der Waals surface area contributed by atoms with Crippen molar-refractivity contribution in [1.29, 1.82) is 0 Å². The number of nitrogens with two attached hydrogens (primary N) is 1. The van der Waals surface area contributed by atoms with Crippen LogP contribution < -0.4 is 5.73 Å². The second-order valence-corrected chi connectivity index (χ2v) is 5.40. The minimum atomic E-state index is 0.297. The van der Waals surface area contributed by atoms with E-state index in [1.807, 2.05) is 24.3 Å². The standard InChI is InChI=1S/C14H9BrClN3O/c15-10-5-4-8(16)7-9(10)13-12(14(17)19-20-13)11-3-1-2-6-18-11/h1-7H,(H2,17,19). The summed E-state index contributed by atoms with van der Waals surface area (Å²) in [6.45, 7) is 0. The highest BCUT2D eigenvalue weighted by molar-refractivity contribution is 9.10. The van der Waals surface area contributed by atoms with E-state index in [0.29, 0.717) is 27.9 Å². The molecular weight excluding hydrogens is 342 g/mol. The van der Waals surface area contributed by atoms with Crippen molar-refractivity contribution >= 4 is 33.3 Å². The summed E-state index contributed by atoms with van der Waals surface area (Å²) in [5.41, 5.74) is 8.05. The largest absolute Gasteiger partial charge is 0.380 e. The Bertz CT molecular complexity index is 758. The van der Waals surface area contributed by atoms with E-state index in [4.69, 9.17) is 21.9 Å². The van der Waals surface area contributed by atoms with Gasteiger partial charge in [0.15, 0.2) is 11.6 Å². The lowest BCUT2D eigenvalue weighted by Gasteiger charge is -2.04. The van der Waals surface area contributed by atoms with Gasteiger partial charge in [0.25, 0.3) is 0 Å². The first kappa shape index (κ1) is 13.1. The molecule has 2 N–H and O–H groups in total. The zero-order valence-electron chi connectivity index (χ0n) is 10.2. The van der Waals surface area contributed by atoms with Crippen molar-refractivity contribution in [2.75, 3.05) is 5.73 Å². The maximum absolute atomic E-state index is 6.04. The molecule has 3 aromatic rings. The summed E-state index contributed by atoms with van der Waals surface area (Å²) in [6.07, 6.45) is 1.69. The minimum Gasteiger partial charge on any atom is -0.380 e. The van der Waals surface area contributed by atoms with Crippen LogP contribution in [0.5, 0.6) is 0 Å². The molecule has 3 rings (SSSR count). The van der Waals surface area contributed by atoms with E-state index < -0.39 is 0 Å². The summed E-state index contributed by atoms with van der Waals surface area (Å²) in [5.74, 6) is 0.834. The quantitative estimate of drug-likeness (QED) is 0.744. The van der Waals surface area contributed by atoms with Crippen LogP contribution in [0.2, 0.25) is 5.02 Å². The van der Waals surface area contributed by atoms with E-state index in [1.54, 1.807) is 18.3 Å². The average molecular weight is 351 g/mol. The van der Waals surface area contributed by atoms with Crippen LogP contribution in [0.25, 0.3) is 22.6 Å². The molecule has 100 valence electrons. The second kappa shape index (κ2) is 5.26. The molecule has 0 fully saturated rings. The third kappa shape index (κ3) is 2.30. The minimum absolute atomic E-state index is 0.297. The molecule has 0 aliphatic heterocycles. The van der Waals surface area contributed by atoms with E-state index >= 15 is 0 Å². The number of hydrogen-bond acceptors (Lipinski definition) is 4. The Morgan fingerprint density at radius 1 is 1.20 bits per heavy atom. The monoisotopic (exact) mass is 349 g/mol. The Kier molecular flexibility index (Phi) is 3.46. The van der Waals surface area contributed by atoms with Crippen LogP contribution in [-0.2, 0) is 0 Å². The number of benzene rings is 1. The zero-order valence-corrected chi connectivity index (χ0v) is 12.5. The van der Waals surface area contributed by atoms with E-state index in [1.165, 1.54) is 0 Å². The smallest absolute Gasteiger partial charge is 0.179 e. The molecule has 0 saturated carbocycles. The molecule has 0 atom stereocenters. The van der Waals surface area contributed by atoms with Crippen molar-refractivity contribution in [3.8, 4) is 22.6 Å². The molecule has 2 aromatic heterocycles. The Morgan fingerprint density at radius 2 is 2.05 bits per heavy atom. The van der Waals surface area contributed by atoms with Gasteiger partial charge in [-0.15, -0.1) is 0 Å². The summed E-state index contributed by atoms with van der Waals surface area (Å²) < 4.78 is 6.21. The second-order valence-electron chi connectivity index (χ2n) is 4.11. The summed E-state index contributed by atoms with van der Waals surface area (Å²) in [6, 6.07) is 11.0. The van der Waals surface area contributed by atoms with Gasteiger partial charge in [0.05, 0.1) is 11.3 Å². The van der Waals surface area contributed by atoms with Gasteiger partial charge in [-0.05, 0) is 30.3 Å². The van der Waals surface area contributed by atoms with E-state index in [9.17, 15) is 0 Å². The first-order chi connectivity index (χ1) is 9.66. The van der Waals surface area contributed by atoms with Gasteiger partial charge in [0.1, 0.15) is 0 Å². The Labute approximate surface area is 128 Å². The lowest BCUT2D eigenvalue weighted by atomic mass is 10.1. The van der Waals surface area contributed by atoms with Crippen molar-refractivity contribution in [2.24, 2.45) is 0 Å². The molecule has 0 amide bonds. The van der Waals surface area contributed by atoms with Crippen molar-refractivity contribution in [2.45, 2.75) is 0 Å². The zero-order chi connectivity index (χ0) is 14.1. The first-order valence-corrected chi connectivity index (χ1v) is 6.96. The maximum atomic E-state index is 6.04. The van der Waals surface area contributed by atoms with Crippen molar-refractivity contribution in [1.82, 2.24) is 10.1 Å². The van der Waals surface area contributed by atoms with E-state index in [-0.39, 0.29) is 0 Å². The summed E-state index contributed by atoms with van der Waals surface area (Å²) in [5, 5.41) is 4.44. The van der Waals surface area contributed by atoms with Gasteiger partial charge in [-0.25, -0.2) is 0 Å². The third-order valence-corrected chi connectivity index (χ3v) is 3.74. The SMILES string of the molecule is Nc1noc(-c2cc(Cl)ccc2Br)c1-c1ccccn1. The summed E-state index contributed by atoms with van der Waals surface area (Å²) >= 11 is 9.52. The molecule has 0 spiro atoms. The maximum Gasteiger partial charge on any atom is 0.179 e. The highest BCUT2D eigenvalue weighted by Gasteiger charge is 2.20. The number of rotatable bonds is 2. The fourth-order valence-electron chi connectivity index (χ4n) is 1.92. The molecule has 1 aromatic carbocycles. The molecule has 2 heterocycles. The lowest BCUT2D eigenvalue weighted by Crippen LogP contribution is -1.91. The van der Waals surface area contributed by atoms with Crippen LogP contribution in [0.3, 0.4) is 0 Å². The summed E-state index contributed by atoms with van der Waals surface area (Å²) in [7, 11) is 0. The fraction of sp³-hybridized carbons (Fsp3) is 0. The predicted octanol–water partition coefficient (Wildman–Crippen LogP) is 4.40. The number of aromatic nitrogens is 2. The van der Waals surface area contributed by atoms with Gasteiger partial charge >= 0.3 is 0 Å². The average Bonchev–Trinajstić information content (AvgIpc) is 2.84. The number of anilines is 1. The first-order valence-electron chi connectivity index (χ1n) is 5.79. The number of hydrogen-bond donors (Lipinski definition) is 1. The molecule has 6 heteroatoms. The topological polar surface area (TPSA) is 64.9 Å². The van der Waals surface area contributed by atoms with Gasteiger partial charge < -0.3 is 10.3 Å². The normalized spacial score (nSPS) is 10.7. The van der Waals surface area contributed by atoms with Crippen LogP contribution in [0.15, 0.2) is 51.6 Å². The number of nitrogens with zero attached hydrogens (tertiary/aromatic N) is 2. The van der Waals surface area contributed by atoms with Crippen molar-refractivity contribution in [3.05, 3.63) is 52.1 Å². The van der Waals surface area contributed by atoms with Crippen LogP contribution in [0.4, 0.5) is 5.82 Å². The van der Waals surface area contributed by atoms with Gasteiger partial charge in [-0.3, -0.25) is 4.98 Å². The molecule has 4 nitrogen and oxygen atoms in total. The van der Waals surface area contributed by atoms with Crippen molar-refractivity contribution < 1.29 is 4.52 Å². The van der Waals surface area contributed by atoms with Gasteiger partial charge in [-0.1, -0.05) is 38.8 Å². The molecule has 0 aliphatic rings. The van der Waals surface area contributed by atoms with Gasteiger partial charge in [0.2, 0.25) is 0 Å². The number of pyridine rings is 1. The highest BCUT2D eigenvalue weighted by Crippen LogP contribution is 2.39. The van der Waals surface area contributed by atoms with Crippen LogP contribution in [-0.4, -0.2) is 10.1 Å². The molecule has 20 heavy (non-hydrogen) atoms. The van der Waals surface area contributed by atoms with Gasteiger partial charge in [-0.2, -0.15) is 0 Å². The van der Waals surface area contributed by atoms with Crippen molar-refractivity contribution in [3.63, 3.8) is 0 Å². The van der Waals surface area contributed by atoms with E-state index in [0.717, 1.165) is 10.0 Å². The third-order valence-electron chi connectivity index (χ3n) is 2.81.